The van der Waals surface area contributed by atoms with E-state index in [2.05, 4.69) is 18.4 Å². The highest BCUT2D eigenvalue weighted by Crippen LogP contribution is 2.27. The maximum absolute atomic E-state index is 13.4. The van der Waals surface area contributed by atoms with Gasteiger partial charge in [-0.05, 0) is 63.7 Å². The monoisotopic (exact) mass is 386 g/mol. The predicted molar refractivity (Wildman–Crippen MR) is 108 cm³/mol. The number of carbonyl (C=O) groups is 2. The van der Waals surface area contributed by atoms with Crippen molar-refractivity contribution in [3.8, 4) is 0 Å². The molecule has 6 heteroatoms. The first-order chi connectivity index (χ1) is 13.6. The number of rotatable bonds is 3. The molecule has 3 aliphatic rings. The lowest BCUT2D eigenvalue weighted by atomic mass is 9.99. The molecule has 2 amide bonds. The molecule has 0 bridgehead atoms. The van der Waals surface area contributed by atoms with Crippen molar-refractivity contribution in [2.24, 2.45) is 5.92 Å². The molecule has 2 atom stereocenters. The maximum Gasteiger partial charge on any atom is 0.290 e. The van der Waals surface area contributed by atoms with Crippen LogP contribution in [0.3, 0.4) is 0 Å². The Labute approximate surface area is 168 Å². The van der Waals surface area contributed by atoms with Gasteiger partial charge in [-0.2, -0.15) is 0 Å². The van der Waals surface area contributed by atoms with Crippen molar-refractivity contribution >= 4 is 11.8 Å². The molecule has 1 aromatic rings. The molecular weight excluding hydrogens is 352 g/mol. The molecule has 4 heterocycles. The number of amides is 2. The first-order valence-electron chi connectivity index (χ1n) is 11.3. The molecule has 2 saturated heterocycles. The molecule has 0 saturated carbocycles. The van der Waals surface area contributed by atoms with Crippen LogP contribution in [0, 0.1) is 5.92 Å². The minimum absolute atomic E-state index is 0.0285. The van der Waals surface area contributed by atoms with Crippen molar-refractivity contribution in [1.29, 1.82) is 0 Å². The summed E-state index contributed by atoms with van der Waals surface area (Å²) >= 11 is 0. The average Bonchev–Trinajstić information content (AvgIpc) is 3.12. The highest BCUT2D eigenvalue weighted by atomic mass is 16.2. The van der Waals surface area contributed by atoms with E-state index < -0.39 is 0 Å². The van der Waals surface area contributed by atoms with E-state index in [0.29, 0.717) is 23.5 Å². The summed E-state index contributed by atoms with van der Waals surface area (Å²) in [5.74, 6) is 1.10. The van der Waals surface area contributed by atoms with Crippen LogP contribution in [-0.4, -0.2) is 56.8 Å². The SMILES string of the molecule is CCC1CCCCN1C(=O)c1nc(C(=O)N2CCCC(C)C2)c2n1CCCC2. The number of likely N-dealkylation sites (tertiary alicyclic amines) is 2. The van der Waals surface area contributed by atoms with Crippen LogP contribution in [0.2, 0.25) is 0 Å². The largest absolute Gasteiger partial charge is 0.337 e. The van der Waals surface area contributed by atoms with Gasteiger partial charge in [0.25, 0.3) is 11.8 Å². The van der Waals surface area contributed by atoms with Crippen LogP contribution in [0.1, 0.15) is 92.0 Å². The Bertz CT molecular complexity index is 741. The molecule has 0 radical (unpaired) electrons. The fraction of sp³-hybridized carbons (Fsp3) is 0.773. The van der Waals surface area contributed by atoms with Crippen LogP contribution in [0.4, 0.5) is 0 Å². The summed E-state index contributed by atoms with van der Waals surface area (Å²) in [6.07, 6.45) is 9.52. The molecule has 4 rings (SSSR count). The second kappa shape index (κ2) is 8.26. The third kappa shape index (κ3) is 3.58. The summed E-state index contributed by atoms with van der Waals surface area (Å²) in [7, 11) is 0. The minimum atomic E-state index is 0.0285. The summed E-state index contributed by atoms with van der Waals surface area (Å²) in [6, 6.07) is 0.305. The average molecular weight is 387 g/mol. The van der Waals surface area contributed by atoms with Gasteiger partial charge in [-0.3, -0.25) is 9.59 Å². The Balaban J connectivity index is 1.65. The number of fused-ring (bicyclic) bond motifs is 1. The number of imidazole rings is 1. The van der Waals surface area contributed by atoms with Gasteiger partial charge >= 0.3 is 0 Å². The second-order valence-electron chi connectivity index (χ2n) is 8.89. The van der Waals surface area contributed by atoms with Gasteiger partial charge in [0.15, 0.2) is 5.82 Å². The highest BCUT2D eigenvalue weighted by molar-refractivity contribution is 5.97. The van der Waals surface area contributed by atoms with E-state index in [1.807, 2.05) is 9.80 Å². The third-order valence-electron chi connectivity index (χ3n) is 6.82. The van der Waals surface area contributed by atoms with Crippen molar-refractivity contribution in [2.45, 2.75) is 84.2 Å². The molecule has 28 heavy (non-hydrogen) atoms. The van der Waals surface area contributed by atoms with Crippen molar-refractivity contribution in [2.75, 3.05) is 19.6 Å². The van der Waals surface area contributed by atoms with Crippen LogP contribution in [0.15, 0.2) is 0 Å². The van der Waals surface area contributed by atoms with Gasteiger partial charge in [-0.15, -0.1) is 0 Å². The fourth-order valence-corrected chi connectivity index (χ4v) is 5.22. The maximum atomic E-state index is 13.4. The quantitative estimate of drug-likeness (QED) is 0.799. The van der Waals surface area contributed by atoms with E-state index in [1.165, 1.54) is 12.8 Å². The van der Waals surface area contributed by atoms with Gasteiger partial charge in [-0.25, -0.2) is 4.98 Å². The zero-order valence-electron chi connectivity index (χ0n) is 17.5. The van der Waals surface area contributed by atoms with Gasteiger partial charge in [0.2, 0.25) is 0 Å². The zero-order valence-corrected chi connectivity index (χ0v) is 17.5. The lowest BCUT2D eigenvalue weighted by Crippen LogP contribution is -2.44. The molecule has 6 nitrogen and oxygen atoms in total. The number of hydrogen-bond donors (Lipinski definition) is 0. The summed E-state index contributed by atoms with van der Waals surface area (Å²) in [5, 5.41) is 0. The van der Waals surface area contributed by atoms with E-state index in [9.17, 15) is 9.59 Å². The van der Waals surface area contributed by atoms with Gasteiger partial charge in [-0.1, -0.05) is 13.8 Å². The minimum Gasteiger partial charge on any atom is -0.337 e. The topological polar surface area (TPSA) is 58.4 Å². The van der Waals surface area contributed by atoms with Crippen molar-refractivity contribution in [3.05, 3.63) is 17.2 Å². The molecule has 3 aliphatic heterocycles. The number of carbonyl (C=O) groups excluding carboxylic acids is 2. The normalized spacial score (nSPS) is 25.5. The highest BCUT2D eigenvalue weighted by Gasteiger charge is 2.34. The van der Waals surface area contributed by atoms with E-state index in [-0.39, 0.29) is 11.8 Å². The van der Waals surface area contributed by atoms with Crippen molar-refractivity contribution < 1.29 is 9.59 Å². The van der Waals surface area contributed by atoms with Gasteiger partial charge in [0.05, 0.1) is 5.69 Å². The predicted octanol–water partition coefficient (Wildman–Crippen LogP) is 3.50. The van der Waals surface area contributed by atoms with Gasteiger partial charge < -0.3 is 14.4 Å². The van der Waals surface area contributed by atoms with Gasteiger partial charge in [0, 0.05) is 32.2 Å². The van der Waals surface area contributed by atoms with Crippen LogP contribution < -0.4 is 0 Å². The summed E-state index contributed by atoms with van der Waals surface area (Å²) in [6.45, 7) is 7.59. The molecule has 0 aromatic carbocycles. The number of aromatic nitrogens is 2. The van der Waals surface area contributed by atoms with Crippen molar-refractivity contribution in [3.63, 3.8) is 0 Å². The lowest BCUT2D eigenvalue weighted by molar-refractivity contribution is 0.0589. The Morgan fingerprint density at radius 1 is 1.00 bits per heavy atom. The van der Waals surface area contributed by atoms with E-state index in [0.717, 1.165) is 76.8 Å². The molecule has 0 spiro atoms. The van der Waals surface area contributed by atoms with Crippen molar-refractivity contribution in [1.82, 2.24) is 19.4 Å². The molecule has 0 N–H and O–H groups in total. The van der Waals surface area contributed by atoms with E-state index in [1.54, 1.807) is 0 Å². The first-order valence-corrected chi connectivity index (χ1v) is 11.3. The third-order valence-corrected chi connectivity index (χ3v) is 6.82. The van der Waals surface area contributed by atoms with Crippen LogP contribution in [-0.2, 0) is 13.0 Å². The molecule has 2 fully saturated rings. The van der Waals surface area contributed by atoms with Gasteiger partial charge in [0.1, 0.15) is 5.69 Å². The molecule has 1 aromatic heterocycles. The number of hydrogen-bond acceptors (Lipinski definition) is 3. The standard InChI is InChI=1S/C22H34N4O2/c1-3-17-10-4-6-13-25(17)22(28)20-23-19(18-11-5-7-14-26(18)20)21(27)24-12-8-9-16(2)15-24/h16-17H,3-15H2,1-2H3. The summed E-state index contributed by atoms with van der Waals surface area (Å²) in [4.78, 5) is 35.4. The lowest BCUT2D eigenvalue weighted by Gasteiger charge is -2.35. The summed E-state index contributed by atoms with van der Waals surface area (Å²) < 4.78 is 2.06. The smallest absolute Gasteiger partial charge is 0.290 e. The zero-order chi connectivity index (χ0) is 19.7. The number of nitrogens with zero attached hydrogens (tertiary/aromatic N) is 4. The van der Waals surface area contributed by atoms with Crippen LogP contribution in [0.5, 0.6) is 0 Å². The number of piperidine rings is 2. The molecule has 154 valence electrons. The summed E-state index contributed by atoms with van der Waals surface area (Å²) in [5.41, 5.74) is 1.53. The first kappa shape index (κ1) is 19.5. The second-order valence-corrected chi connectivity index (χ2v) is 8.89. The van der Waals surface area contributed by atoms with E-state index >= 15 is 0 Å². The molecule has 2 unspecified atom stereocenters. The van der Waals surface area contributed by atoms with Crippen LogP contribution in [0.25, 0.3) is 0 Å². The Kier molecular flexibility index (Phi) is 5.74. The fourth-order valence-electron chi connectivity index (χ4n) is 5.22. The van der Waals surface area contributed by atoms with Crippen LogP contribution >= 0.6 is 0 Å². The Morgan fingerprint density at radius 2 is 1.82 bits per heavy atom. The Morgan fingerprint density at radius 3 is 2.61 bits per heavy atom. The molecule has 0 aliphatic carbocycles. The Hall–Kier alpha value is -1.85. The van der Waals surface area contributed by atoms with E-state index in [4.69, 9.17) is 4.98 Å². The molecular formula is C22H34N4O2.